The molecule has 0 radical (unpaired) electrons. The third-order valence-electron chi connectivity index (χ3n) is 2.78. The number of piperidine rings is 1. The Hall–Kier alpha value is -1.72. The summed E-state index contributed by atoms with van der Waals surface area (Å²) in [5.74, 6) is 0.535. The number of carbonyl (C=O) groups excluding carboxylic acids is 1. The zero-order valence-corrected chi connectivity index (χ0v) is 8.47. The molecular formula is C9H15N5O. The summed E-state index contributed by atoms with van der Waals surface area (Å²) in [5, 5.41) is 4.16. The molecule has 6 heteroatoms. The van der Waals surface area contributed by atoms with Crippen LogP contribution in [-0.4, -0.2) is 33.8 Å². The first-order valence-corrected chi connectivity index (χ1v) is 5.02. The minimum Gasteiger partial charge on any atom is -0.382 e. The molecule has 1 fully saturated rings. The van der Waals surface area contributed by atoms with Crippen molar-refractivity contribution in [1.82, 2.24) is 14.7 Å². The zero-order chi connectivity index (χ0) is 10.8. The van der Waals surface area contributed by atoms with Gasteiger partial charge in [-0.15, -0.1) is 0 Å². The fourth-order valence-electron chi connectivity index (χ4n) is 1.91. The number of amides is 2. The number of nitrogens with zero attached hydrogens (tertiary/aromatic N) is 3. The van der Waals surface area contributed by atoms with Crippen LogP contribution < -0.4 is 11.5 Å². The second-order valence-electron chi connectivity index (χ2n) is 3.78. The van der Waals surface area contributed by atoms with Crippen LogP contribution in [0.5, 0.6) is 0 Å². The molecule has 2 rings (SSSR count). The van der Waals surface area contributed by atoms with Gasteiger partial charge < -0.3 is 16.4 Å². The Labute approximate surface area is 87.8 Å². The van der Waals surface area contributed by atoms with E-state index in [0.717, 1.165) is 12.8 Å². The number of carbonyl (C=O) groups is 1. The SMILES string of the molecule is NC(=O)N1CCC(n2ccc(N)n2)CC1. The van der Waals surface area contributed by atoms with Gasteiger partial charge in [-0.2, -0.15) is 5.10 Å². The minimum atomic E-state index is -0.339. The average Bonchev–Trinajstić information content (AvgIpc) is 2.65. The minimum absolute atomic E-state index is 0.331. The molecule has 15 heavy (non-hydrogen) atoms. The molecule has 1 aliphatic heterocycles. The number of urea groups is 1. The largest absolute Gasteiger partial charge is 0.382 e. The van der Waals surface area contributed by atoms with Gasteiger partial charge in [0.25, 0.3) is 0 Å². The highest BCUT2D eigenvalue weighted by Gasteiger charge is 2.22. The van der Waals surface area contributed by atoms with Crippen LogP contribution in [0.3, 0.4) is 0 Å². The van der Waals surface area contributed by atoms with Crippen molar-refractivity contribution in [2.45, 2.75) is 18.9 Å². The third-order valence-corrected chi connectivity index (χ3v) is 2.78. The van der Waals surface area contributed by atoms with E-state index >= 15 is 0 Å². The molecule has 1 saturated heterocycles. The van der Waals surface area contributed by atoms with Gasteiger partial charge >= 0.3 is 6.03 Å². The maximum absolute atomic E-state index is 10.9. The molecule has 1 aliphatic rings. The van der Waals surface area contributed by atoms with E-state index in [1.54, 1.807) is 11.0 Å². The number of nitrogen functional groups attached to an aromatic ring is 1. The van der Waals surface area contributed by atoms with Crippen molar-refractivity contribution in [3.8, 4) is 0 Å². The van der Waals surface area contributed by atoms with Crippen molar-refractivity contribution >= 4 is 11.8 Å². The zero-order valence-electron chi connectivity index (χ0n) is 8.47. The quantitative estimate of drug-likeness (QED) is 0.691. The van der Waals surface area contributed by atoms with Crippen LogP contribution in [0.4, 0.5) is 10.6 Å². The summed E-state index contributed by atoms with van der Waals surface area (Å²) in [4.78, 5) is 12.6. The lowest BCUT2D eigenvalue weighted by Gasteiger charge is -2.30. The average molecular weight is 209 g/mol. The molecule has 0 bridgehead atoms. The maximum atomic E-state index is 10.9. The van der Waals surface area contributed by atoms with Gasteiger partial charge in [0.05, 0.1) is 6.04 Å². The first-order valence-electron chi connectivity index (χ1n) is 5.02. The Balaban J connectivity index is 1.96. The molecule has 0 atom stereocenters. The first kappa shape index (κ1) is 9.82. The highest BCUT2D eigenvalue weighted by molar-refractivity contribution is 5.72. The van der Waals surface area contributed by atoms with Crippen LogP contribution in [-0.2, 0) is 0 Å². The Kier molecular flexibility index (Phi) is 2.49. The molecule has 2 amide bonds. The molecule has 0 aromatic carbocycles. The summed E-state index contributed by atoms with van der Waals surface area (Å²) < 4.78 is 1.87. The Bertz CT molecular complexity index is 353. The molecule has 1 aromatic heterocycles. The van der Waals surface area contributed by atoms with E-state index in [0.29, 0.717) is 24.9 Å². The predicted octanol–water partition coefficient (Wildman–Crippen LogP) is 0.181. The highest BCUT2D eigenvalue weighted by Crippen LogP contribution is 2.21. The van der Waals surface area contributed by atoms with E-state index in [4.69, 9.17) is 11.5 Å². The fraction of sp³-hybridized carbons (Fsp3) is 0.556. The molecule has 2 heterocycles. The van der Waals surface area contributed by atoms with Crippen molar-refractivity contribution in [3.63, 3.8) is 0 Å². The number of likely N-dealkylation sites (tertiary alicyclic amines) is 1. The fourth-order valence-corrected chi connectivity index (χ4v) is 1.91. The number of aromatic nitrogens is 2. The molecule has 4 N–H and O–H groups in total. The first-order chi connectivity index (χ1) is 7.16. The molecule has 82 valence electrons. The summed E-state index contributed by atoms with van der Waals surface area (Å²) in [6, 6.07) is 1.77. The van der Waals surface area contributed by atoms with E-state index in [-0.39, 0.29) is 6.03 Å². The van der Waals surface area contributed by atoms with Gasteiger partial charge in [-0.1, -0.05) is 0 Å². The Morgan fingerprint density at radius 2 is 2.13 bits per heavy atom. The molecule has 0 saturated carbocycles. The third kappa shape index (κ3) is 2.03. The van der Waals surface area contributed by atoms with Crippen molar-refractivity contribution < 1.29 is 4.79 Å². The van der Waals surface area contributed by atoms with Gasteiger partial charge in [-0.05, 0) is 18.9 Å². The van der Waals surface area contributed by atoms with Crippen LogP contribution >= 0.6 is 0 Å². The van der Waals surface area contributed by atoms with Gasteiger partial charge in [0, 0.05) is 19.3 Å². The summed E-state index contributed by atoms with van der Waals surface area (Å²) >= 11 is 0. The van der Waals surface area contributed by atoms with Gasteiger partial charge in [0.2, 0.25) is 0 Å². The topological polar surface area (TPSA) is 90.2 Å². The molecule has 6 nitrogen and oxygen atoms in total. The Morgan fingerprint density at radius 1 is 1.47 bits per heavy atom. The summed E-state index contributed by atoms with van der Waals surface area (Å²) in [6.45, 7) is 1.39. The second kappa shape index (κ2) is 3.80. The van der Waals surface area contributed by atoms with Gasteiger partial charge in [-0.25, -0.2) is 4.79 Å². The standard InChI is InChI=1S/C9H15N5O/c10-8-3-6-14(12-8)7-1-4-13(5-2-7)9(11)15/h3,6-7H,1-2,4-5H2,(H2,10,12)(H2,11,15). The maximum Gasteiger partial charge on any atom is 0.314 e. The monoisotopic (exact) mass is 209 g/mol. The van der Waals surface area contributed by atoms with Crippen molar-refractivity contribution in [1.29, 1.82) is 0 Å². The Morgan fingerprint density at radius 3 is 2.60 bits per heavy atom. The van der Waals surface area contributed by atoms with Crippen LogP contribution in [0.2, 0.25) is 0 Å². The van der Waals surface area contributed by atoms with Gasteiger partial charge in [0.15, 0.2) is 0 Å². The van der Waals surface area contributed by atoms with Crippen LogP contribution in [0, 0.1) is 0 Å². The van der Waals surface area contributed by atoms with Gasteiger partial charge in [-0.3, -0.25) is 4.68 Å². The van der Waals surface area contributed by atoms with E-state index in [2.05, 4.69) is 5.10 Å². The number of nitrogens with two attached hydrogens (primary N) is 2. The number of anilines is 1. The van der Waals surface area contributed by atoms with Crippen LogP contribution in [0.15, 0.2) is 12.3 Å². The highest BCUT2D eigenvalue weighted by atomic mass is 16.2. The van der Waals surface area contributed by atoms with Crippen LogP contribution in [0.25, 0.3) is 0 Å². The molecule has 0 spiro atoms. The molecule has 0 aliphatic carbocycles. The molecule has 1 aromatic rings. The smallest absolute Gasteiger partial charge is 0.314 e. The summed E-state index contributed by atoms with van der Waals surface area (Å²) in [5.41, 5.74) is 10.7. The lowest BCUT2D eigenvalue weighted by molar-refractivity contribution is 0.177. The van der Waals surface area contributed by atoms with E-state index in [1.165, 1.54) is 0 Å². The van der Waals surface area contributed by atoms with E-state index in [9.17, 15) is 4.79 Å². The number of hydrogen-bond donors (Lipinski definition) is 2. The van der Waals surface area contributed by atoms with Crippen molar-refractivity contribution in [2.24, 2.45) is 5.73 Å². The van der Waals surface area contributed by atoms with Crippen LogP contribution in [0.1, 0.15) is 18.9 Å². The van der Waals surface area contributed by atoms with Crippen molar-refractivity contribution in [2.75, 3.05) is 18.8 Å². The van der Waals surface area contributed by atoms with Crippen molar-refractivity contribution in [3.05, 3.63) is 12.3 Å². The lowest BCUT2D eigenvalue weighted by Crippen LogP contribution is -2.42. The second-order valence-corrected chi connectivity index (χ2v) is 3.78. The summed E-state index contributed by atoms with van der Waals surface area (Å²) in [6.07, 6.45) is 3.63. The number of primary amides is 1. The number of hydrogen-bond acceptors (Lipinski definition) is 3. The van der Waals surface area contributed by atoms with Gasteiger partial charge in [0.1, 0.15) is 5.82 Å². The van der Waals surface area contributed by atoms with E-state index in [1.807, 2.05) is 10.9 Å². The summed E-state index contributed by atoms with van der Waals surface area (Å²) in [7, 11) is 0. The molecular weight excluding hydrogens is 194 g/mol. The number of rotatable bonds is 1. The predicted molar refractivity (Wildman–Crippen MR) is 56.1 cm³/mol. The molecule has 0 unspecified atom stereocenters. The lowest BCUT2D eigenvalue weighted by atomic mass is 10.1. The normalized spacial score (nSPS) is 18.0. The van der Waals surface area contributed by atoms with E-state index < -0.39 is 0 Å².